The monoisotopic (exact) mass is 380 g/mol. The van der Waals surface area contributed by atoms with E-state index in [-0.39, 0.29) is 30.2 Å². The fourth-order valence-corrected chi connectivity index (χ4v) is 3.04. The molecule has 1 aromatic rings. The highest BCUT2D eigenvalue weighted by molar-refractivity contribution is 5.80. The molecular weight excluding hydrogens is 351 g/mol. The first-order valence-corrected chi connectivity index (χ1v) is 9.21. The van der Waals surface area contributed by atoms with Gasteiger partial charge >= 0.3 is 0 Å². The number of nitrogens with one attached hydrogen (secondary N) is 3. The number of carbonyl (C=O) groups is 1. The van der Waals surface area contributed by atoms with Crippen LogP contribution in [0.25, 0.3) is 0 Å². The minimum Gasteiger partial charge on any atom is -0.396 e. The Labute approximate surface area is 159 Å². The number of carbonyl (C=O) groups excluding carboxylic acids is 1. The second-order valence-electron chi connectivity index (χ2n) is 6.78. The van der Waals surface area contributed by atoms with Gasteiger partial charge in [0.05, 0.1) is 13.0 Å². The van der Waals surface area contributed by atoms with Crippen LogP contribution >= 0.6 is 0 Å². The molecule has 1 unspecified atom stereocenters. The van der Waals surface area contributed by atoms with E-state index in [0.717, 1.165) is 12.0 Å². The van der Waals surface area contributed by atoms with Gasteiger partial charge in [0.15, 0.2) is 5.96 Å². The quantitative estimate of drug-likeness (QED) is 0.283. The first kappa shape index (κ1) is 21.1. The summed E-state index contributed by atoms with van der Waals surface area (Å²) in [6.07, 6.45) is 1.82. The number of benzene rings is 1. The van der Waals surface area contributed by atoms with Crippen molar-refractivity contribution in [2.75, 3.05) is 46.5 Å². The van der Waals surface area contributed by atoms with E-state index in [0.29, 0.717) is 45.2 Å². The molecule has 0 spiro atoms. The number of rotatable bonds is 9. The van der Waals surface area contributed by atoms with Gasteiger partial charge in [-0.25, -0.2) is 4.39 Å². The SMILES string of the molecule is CN=C(NCCNC(=O)Cc1ccc(F)cc1)NCC1(CCO)CCOC1. The van der Waals surface area contributed by atoms with Gasteiger partial charge in [0, 0.05) is 45.3 Å². The summed E-state index contributed by atoms with van der Waals surface area (Å²) in [4.78, 5) is 16.1. The number of nitrogens with zero attached hydrogens (tertiary/aromatic N) is 1. The number of halogens is 1. The number of ether oxygens (including phenoxy) is 1. The van der Waals surface area contributed by atoms with E-state index in [9.17, 15) is 14.3 Å². The number of amides is 1. The molecule has 150 valence electrons. The largest absolute Gasteiger partial charge is 0.396 e. The first-order chi connectivity index (χ1) is 13.1. The molecule has 8 heteroatoms. The fraction of sp³-hybridized carbons (Fsp3) is 0.579. The molecule has 7 nitrogen and oxygen atoms in total. The van der Waals surface area contributed by atoms with E-state index in [1.807, 2.05) is 0 Å². The van der Waals surface area contributed by atoms with Crippen molar-refractivity contribution < 1.29 is 19.0 Å². The van der Waals surface area contributed by atoms with E-state index in [2.05, 4.69) is 20.9 Å². The van der Waals surface area contributed by atoms with Gasteiger partial charge in [-0.1, -0.05) is 12.1 Å². The van der Waals surface area contributed by atoms with Gasteiger partial charge in [-0.15, -0.1) is 0 Å². The van der Waals surface area contributed by atoms with Crippen LogP contribution in [0.15, 0.2) is 29.3 Å². The van der Waals surface area contributed by atoms with Crippen LogP contribution in [-0.4, -0.2) is 63.5 Å². The zero-order valence-electron chi connectivity index (χ0n) is 15.8. The fourth-order valence-electron chi connectivity index (χ4n) is 3.04. The van der Waals surface area contributed by atoms with Gasteiger partial charge in [-0.2, -0.15) is 0 Å². The molecule has 1 heterocycles. The number of guanidine groups is 1. The Morgan fingerprint density at radius 2 is 2.00 bits per heavy atom. The smallest absolute Gasteiger partial charge is 0.224 e. The summed E-state index contributed by atoms with van der Waals surface area (Å²) in [6.45, 7) is 3.13. The van der Waals surface area contributed by atoms with Crippen molar-refractivity contribution in [3.05, 3.63) is 35.6 Å². The Bertz CT molecular complexity index is 616. The van der Waals surface area contributed by atoms with Gasteiger partial charge in [0.2, 0.25) is 5.91 Å². The molecule has 0 aliphatic carbocycles. The Morgan fingerprint density at radius 1 is 1.26 bits per heavy atom. The number of hydrogen-bond acceptors (Lipinski definition) is 4. The molecule has 0 saturated carbocycles. The van der Waals surface area contributed by atoms with E-state index in [1.54, 1.807) is 19.2 Å². The lowest BCUT2D eigenvalue weighted by Gasteiger charge is -2.27. The van der Waals surface area contributed by atoms with Gasteiger partial charge in [-0.3, -0.25) is 9.79 Å². The predicted octanol–water partition coefficient (Wildman–Crippen LogP) is 0.439. The summed E-state index contributed by atoms with van der Waals surface area (Å²) in [5.41, 5.74) is 0.711. The zero-order valence-corrected chi connectivity index (χ0v) is 15.8. The van der Waals surface area contributed by atoms with Crippen molar-refractivity contribution in [1.82, 2.24) is 16.0 Å². The number of aliphatic hydroxyl groups excluding tert-OH is 1. The van der Waals surface area contributed by atoms with Gasteiger partial charge < -0.3 is 25.8 Å². The van der Waals surface area contributed by atoms with Gasteiger partial charge in [-0.05, 0) is 30.5 Å². The van der Waals surface area contributed by atoms with Crippen LogP contribution in [0.2, 0.25) is 0 Å². The molecule has 1 amide bonds. The van der Waals surface area contributed by atoms with Crippen LogP contribution < -0.4 is 16.0 Å². The number of hydrogen-bond donors (Lipinski definition) is 4. The van der Waals surface area contributed by atoms with Crippen LogP contribution in [0.1, 0.15) is 18.4 Å². The molecule has 2 rings (SSSR count). The maximum absolute atomic E-state index is 12.9. The van der Waals surface area contributed by atoms with Crippen molar-refractivity contribution >= 4 is 11.9 Å². The predicted molar refractivity (Wildman–Crippen MR) is 102 cm³/mol. The highest BCUT2D eigenvalue weighted by Crippen LogP contribution is 2.31. The van der Waals surface area contributed by atoms with Crippen LogP contribution in [0.4, 0.5) is 4.39 Å². The van der Waals surface area contributed by atoms with Crippen molar-refractivity contribution in [1.29, 1.82) is 0 Å². The molecule has 0 aromatic heterocycles. The molecule has 1 aromatic carbocycles. The van der Waals surface area contributed by atoms with E-state index in [4.69, 9.17) is 4.74 Å². The Balaban J connectivity index is 1.65. The normalized spacial score (nSPS) is 19.7. The molecule has 27 heavy (non-hydrogen) atoms. The molecule has 0 bridgehead atoms. The molecule has 1 fully saturated rings. The number of aliphatic imine (C=N–C) groups is 1. The molecule has 1 aliphatic heterocycles. The summed E-state index contributed by atoms with van der Waals surface area (Å²) in [5, 5.41) is 18.5. The van der Waals surface area contributed by atoms with Crippen LogP contribution in [-0.2, 0) is 16.0 Å². The average molecular weight is 380 g/mol. The molecule has 4 N–H and O–H groups in total. The topological polar surface area (TPSA) is 95.0 Å². The van der Waals surface area contributed by atoms with E-state index < -0.39 is 0 Å². The zero-order chi connectivity index (χ0) is 19.5. The second kappa shape index (κ2) is 10.8. The maximum atomic E-state index is 12.9. The summed E-state index contributed by atoms with van der Waals surface area (Å²) < 4.78 is 18.3. The third-order valence-corrected chi connectivity index (χ3v) is 4.70. The van der Waals surface area contributed by atoms with Crippen LogP contribution in [0.3, 0.4) is 0 Å². The molecule has 1 atom stereocenters. The average Bonchev–Trinajstić information content (AvgIpc) is 3.12. The highest BCUT2D eigenvalue weighted by atomic mass is 19.1. The Morgan fingerprint density at radius 3 is 2.63 bits per heavy atom. The summed E-state index contributed by atoms with van der Waals surface area (Å²) in [5.74, 6) is 0.218. The van der Waals surface area contributed by atoms with E-state index in [1.165, 1.54) is 12.1 Å². The first-order valence-electron chi connectivity index (χ1n) is 9.21. The van der Waals surface area contributed by atoms with Gasteiger partial charge in [0.25, 0.3) is 0 Å². The van der Waals surface area contributed by atoms with Crippen molar-refractivity contribution in [3.63, 3.8) is 0 Å². The minimum absolute atomic E-state index is 0.0598. The lowest BCUT2D eigenvalue weighted by Crippen LogP contribution is -2.46. The number of aliphatic hydroxyl groups is 1. The Kier molecular flexibility index (Phi) is 8.47. The second-order valence-corrected chi connectivity index (χ2v) is 6.78. The molecular formula is C19H29FN4O3. The Hall–Kier alpha value is -2.19. The van der Waals surface area contributed by atoms with Crippen LogP contribution in [0.5, 0.6) is 0 Å². The standard InChI is InChI=1S/C19H29FN4O3/c1-21-18(24-13-19(6-10-25)7-11-27-14-19)23-9-8-22-17(26)12-15-2-4-16(20)5-3-15/h2-5,25H,6-14H2,1H3,(H,22,26)(H2,21,23,24). The van der Waals surface area contributed by atoms with Crippen molar-refractivity contribution in [3.8, 4) is 0 Å². The molecule has 1 aliphatic rings. The van der Waals surface area contributed by atoms with Crippen molar-refractivity contribution in [2.45, 2.75) is 19.3 Å². The third-order valence-electron chi connectivity index (χ3n) is 4.70. The van der Waals surface area contributed by atoms with E-state index >= 15 is 0 Å². The van der Waals surface area contributed by atoms with Crippen LogP contribution in [0, 0.1) is 11.2 Å². The summed E-state index contributed by atoms with van der Waals surface area (Å²) >= 11 is 0. The van der Waals surface area contributed by atoms with Gasteiger partial charge in [0.1, 0.15) is 5.82 Å². The molecule has 0 radical (unpaired) electrons. The highest BCUT2D eigenvalue weighted by Gasteiger charge is 2.34. The minimum atomic E-state index is -0.313. The summed E-state index contributed by atoms with van der Waals surface area (Å²) in [7, 11) is 1.69. The lowest BCUT2D eigenvalue weighted by molar-refractivity contribution is -0.120. The third kappa shape index (κ3) is 7.15. The summed E-state index contributed by atoms with van der Waals surface area (Å²) in [6, 6.07) is 5.90. The maximum Gasteiger partial charge on any atom is 0.224 e. The molecule has 1 saturated heterocycles. The van der Waals surface area contributed by atoms with Crippen molar-refractivity contribution in [2.24, 2.45) is 10.4 Å². The lowest BCUT2D eigenvalue weighted by atomic mass is 9.84.